The number of nitrogens with one attached hydrogen (secondary N) is 1. The number of hydrogen-bond donors (Lipinski definition) is 2. The van der Waals surface area contributed by atoms with Crippen LogP contribution in [0, 0.1) is 17.8 Å². The molecular weight excluding hydrogens is 282 g/mol. The third kappa shape index (κ3) is 5.28. The van der Waals surface area contributed by atoms with Gasteiger partial charge in [-0.15, -0.1) is 0 Å². The maximum atomic E-state index is 12.1. The lowest BCUT2D eigenvalue weighted by Crippen LogP contribution is -2.45. The van der Waals surface area contributed by atoms with Crippen molar-refractivity contribution in [2.45, 2.75) is 58.9 Å². The Balaban J connectivity index is 2.60. The van der Waals surface area contributed by atoms with E-state index in [-0.39, 0.29) is 35.9 Å². The number of ketones is 1. The summed E-state index contributed by atoms with van der Waals surface area (Å²) in [7, 11) is 0. The van der Waals surface area contributed by atoms with Gasteiger partial charge in [0.2, 0.25) is 5.91 Å². The van der Waals surface area contributed by atoms with E-state index in [1.54, 1.807) is 13.8 Å². The van der Waals surface area contributed by atoms with E-state index < -0.39 is 12.0 Å². The van der Waals surface area contributed by atoms with E-state index in [1.165, 1.54) is 0 Å². The molecule has 1 rings (SSSR count). The summed E-state index contributed by atoms with van der Waals surface area (Å²) in [4.78, 5) is 35.2. The fourth-order valence-electron chi connectivity index (χ4n) is 2.94. The first-order chi connectivity index (χ1) is 10.4. The van der Waals surface area contributed by atoms with Crippen LogP contribution in [0.5, 0.6) is 0 Å². The smallest absolute Gasteiger partial charge is 0.326 e. The van der Waals surface area contributed by atoms with E-state index in [4.69, 9.17) is 5.11 Å². The molecular formula is C17H27NO4. The average Bonchev–Trinajstić information content (AvgIpc) is 2.77. The molecule has 1 fully saturated rings. The molecule has 0 spiro atoms. The number of carboxylic acids is 1. The summed E-state index contributed by atoms with van der Waals surface area (Å²) in [6, 6.07) is -0.872. The minimum atomic E-state index is -1.02. The quantitative estimate of drug-likeness (QED) is 0.675. The van der Waals surface area contributed by atoms with Gasteiger partial charge in [-0.1, -0.05) is 32.9 Å². The molecule has 0 unspecified atom stereocenters. The normalized spacial score (nSPS) is 23.2. The Bertz CT molecular complexity index is 442. The van der Waals surface area contributed by atoms with Crippen LogP contribution in [0.3, 0.4) is 0 Å². The molecule has 1 saturated carbocycles. The maximum Gasteiger partial charge on any atom is 0.326 e. The Morgan fingerprint density at radius 3 is 2.59 bits per heavy atom. The summed E-state index contributed by atoms with van der Waals surface area (Å²) in [6.07, 6.45) is 7.12. The van der Waals surface area contributed by atoms with Crippen molar-refractivity contribution in [3.63, 3.8) is 0 Å². The zero-order valence-electron chi connectivity index (χ0n) is 13.7. The van der Waals surface area contributed by atoms with Gasteiger partial charge in [-0.3, -0.25) is 9.59 Å². The highest BCUT2D eigenvalue weighted by Gasteiger charge is 2.35. The Labute approximate surface area is 132 Å². The molecule has 0 aromatic rings. The molecule has 22 heavy (non-hydrogen) atoms. The van der Waals surface area contributed by atoms with Crippen molar-refractivity contribution in [2.24, 2.45) is 17.8 Å². The first-order valence-electron chi connectivity index (χ1n) is 8.06. The number of carboxylic acid groups (broad SMARTS) is 1. The standard InChI is InChI=1S/C17H27NO4/c1-4-5-6-7-13-12(8-9-14(13)19)10-15(20)18-16(11(2)3)17(21)22/h5-6,11-13,16H,4,7-10H2,1-3H3,(H,18,20)(H,21,22)/b6-5+/t12-,13+,16+/m1/s1. The van der Waals surface area contributed by atoms with Crippen LogP contribution in [-0.2, 0) is 14.4 Å². The van der Waals surface area contributed by atoms with Crippen LogP contribution in [-0.4, -0.2) is 28.8 Å². The van der Waals surface area contributed by atoms with E-state index in [0.717, 1.165) is 12.8 Å². The van der Waals surface area contributed by atoms with E-state index >= 15 is 0 Å². The molecule has 2 N–H and O–H groups in total. The largest absolute Gasteiger partial charge is 0.480 e. The Morgan fingerprint density at radius 2 is 2.05 bits per heavy atom. The number of amides is 1. The highest BCUT2D eigenvalue weighted by Crippen LogP contribution is 2.34. The summed E-state index contributed by atoms with van der Waals surface area (Å²) >= 11 is 0. The van der Waals surface area contributed by atoms with E-state index in [9.17, 15) is 14.4 Å². The predicted molar refractivity (Wildman–Crippen MR) is 84.3 cm³/mol. The highest BCUT2D eigenvalue weighted by atomic mass is 16.4. The number of Topliss-reactive ketones (excluding diaryl/α,β-unsaturated/α-hetero) is 1. The van der Waals surface area contributed by atoms with Crippen molar-refractivity contribution in [2.75, 3.05) is 0 Å². The Morgan fingerprint density at radius 1 is 1.36 bits per heavy atom. The third-order valence-corrected chi connectivity index (χ3v) is 4.23. The molecule has 1 aliphatic carbocycles. The molecule has 0 aromatic carbocycles. The summed E-state index contributed by atoms with van der Waals surface area (Å²) < 4.78 is 0. The van der Waals surface area contributed by atoms with Gasteiger partial charge in [-0.25, -0.2) is 4.79 Å². The summed E-state index contributed by atoms with van der Waals surface area (Å²) in [5.74, 6) is -1.32. The number of carbonyl (C=O) groups is 3. The van der Waals surface area contributed by atoms with Crippen molar-refractivity contribution < 1.29 is 19.5 Å². The molecule has 0 bridgehead atoms. The minimum Gasteiger partial charge on any atom is -0.480 e. The number of rotatable bonds is 8. The molecule has 0 heterocycles. The minimum absolute atomic E-state index is 0.0237. The second-order valence-corrected chi connectivity index (χ2v) is 6.32. The molecule has 0 saturated heterocycles. The zero-order valence-corrected chi connectivity index (χ0v) is 13.7. The molecule has 0 radical (unpaired) electrons. The van der Waals surface area contributed by atoms with E-state index in [2.05, 4.69) is 5.32 Å². The first-order valence-corrected chi connectivity index (χ1v) is 8.06. The Kier molecular flexibility index (Phi) is 7.28. The summed E-state index contributed by atoms with van der Waals surface area (Å²) in [5, 5.41) is 11.7. The van der Waals surface area contributed by atoms with Crippen molar-refractivity contribution in [3.8, 4) is 0 Å². The maximum absolute atomic E-state index is 12.1. The molecule has 1 amide bonds. The van der Waals surface area contributed by atoms with Crippen LogP contribution in [0.1, 0.15) is 52.9 Å². The van der Waals surface area contributed by atoms with Gasteiger partial charge < -0.3 is 10.4 Å². The molecule has 1 aliphatic rings. The third-order valence-electron chi connectivity index (χ3n) is 4.23. The molecule has 0 aliphatic heterocycles. The van der Waals surface area contributed by atoms with Crippen LogP contribution in [0.15, 0.2) is 12.2 Å². The fourth-order valence-corrected chi connectivity index (χ4v) is 2.94. The van der Waals surface area contributed by atoms with Gasteiger partial charge in [0.05, 0.1) is 0 Å². The molecule has 0 aromatic heterocycles. The lowest BCUT2D eigenvalue weighted by molar-refractivity contribution is -0.143. The van der Waals surface area contributed by atoms with Crippen molar-refractivity contribution >= 4 is 17.7 Å². The van der Waals surface area contributed by atoms with Crippen LogP contribution in [0.4, 0.5) is 0 Å². The predicted octanol–water partition coefficient (Wildman–Crippen LogP) is 2.55. The number of carbonyl (C=O) groups excluding carboxylic acids is 2. The number of aliphatic carboxylic acids is 1. The summed E-state index contributed by atoms with van der Waals surface area (Å²) in [5.41, 5.74) is 0. The summed E-state index contributed by atoms with van der Waals surface area (Å²) in [6.45, 7) is 5.56. The van der Waals surface area contributed by atoms with Gasteiger partial charge in [0, 0.05) is 18.8 Å². The van der Waals surface area contributed by atoms with Crippen LogP contribution < -0.4 is 5.32 Å². The van der Waals surface area contributed by atoms with Gasteiger partial charge in [0.1, 0.15) is 11.8 Å². The number of hydrogen-bond acceptors (Lipinski definition) is 3. The zero-order chi connectivity index (χ0) is 16.7. The lowest BCUT2D eigenvalue weighted by Gasteiger charge is -2.21. The fraction of sp³-hybridized carbons (Fsp3) is 0.706. The highest BCUT2D eigenvalue weighted by molar-refractivity contribution is 5.87. The van der Waals surface area contributed by atoms with Crippen molar-refractivity contribution in [3.05, 3.63) is 12.2 Å². The second-order valence-electron chi connectivity index (χ2n) is 6.32. The molecule has 124 valence electrons. The first kappa shape index (κ1) is 18.4. The van der Waals surface area contributed by atoms with Gasteiger partial charge in [0.25, 0.3) is 0 Å². The van der Waals surface area contributed by atoms with Gasteiger partial charge in [-0.05, 0) is 31.1 Å². The SMILES string of the molecule is CC/C=C/C[C@@H]1C(=O)CC[C@@H]1CC(=O)N[C@H](C(=O)O)C(C)C. The van der Waals surface area contributed by atoms with E-state index in [1.807, 2.05) is 19.1 Å². The van der Waals surface area contributed by atoms with E-state index in [0.29, 0.717) is 12.8 Å². The van der Waals surface area contributed by atoms with Gasteiger partial charge in [-0.2, -0.15) is 0 Å². The van der Waals surface area contributed by atoms with Crippen molar-refractivity contribution in [1.82, 2.24) is 5.32 Å². The second kappa shape index (κ2) is 8.71. The molecule has 5 heteroatoms. The van der Waals surface area contributed by atoms with Crippen LogP contribution in [0.25, 0.3) is 0 Å². The lowest BCUT2D eigenvalue weighted by atomic mass is 9.89. The monoisotopic (exact) mass is 309 g/mol. The molecule has 3 atom stereocenters. The topological polar surface area (TPSA) is 83.5 Å². The average molecular weight is 309 g/mol. The van der Waals surface area contributed by atoms with Crippen LogP contribution >= 0.6 is 0 Å². The van der Waals surface area contributed by atoms with Gasteiger partial charge >= 0.3 is 5.97 Å². The van der Waals surface area contributed by atoms with Crippen molar-refractivity contribution in [1.29, 1.82) is 0 Å². The Hall–Kier alpha value is -1.65. The molecule has 5 nitrogen and oxygen atoms in total. The van der Waals surface area contributed by atoms with Gasteiger partial charge in [0.15, 0.2) is 0 Å². The van der Waals surface area contributed by atoms with Crippen LogP contribution in [0.2, 0.25) is 0 Å². The number of allylic oxidation sites excluding steroid dienone is 2.